The van der Waals surface area contributed by atoms with Crippen LogP contribution < -0.4 is 42.5 Å². The van der Waals surface area contributed by atoms with Crippen molar-refractivity contribution in [1.82, 2.24) is 42.5 Å². The predicted molar refractivity (Wildman–Crippen MR) is 197 cm³/mol. The molecule has 8 nitrogen and oxygen atoms in total. The second-order valence-corrected chi connectivity index (χ2v) is 21.2. The Morgan fingerprint density at radius 2 is 0.438 bits per heavy atom. The summed E-state index contributed by atoms with van der Waals surface area (Å²) in [5.41, 5.74) is 0. The number of rotatable bonds is 0. The van der Waals surface area contributed by atoms with Crippen LogP contribution in [0.5, 0.6) is 0 Å². The highest BCUT2D eigenvalue weighted by Crippen LogP contribution is 2.49. The van der Waals surface area contributed by atoms with E-state index in [1.54, 1.807) is 0 Å². The Morgan fingerprint density at radius 1 is 0.250 bits per heavy atom. The number of fused-ring (bicyclic) bond motifs is 20. The monoisotopic (exact) mass is 824 g/mol. The van der Waals surface area contributed by atoms with Crippen LogP contribution in [0.25, 0.3) is 0 Å². The minimum atomic E-state index is -0.0505. The van der Waals surface area contributed by atoms with E-state index in [1.807, 2.05) is 0 Å². The van der Waals surface area contributed by atoms with Crippen LogP contribution in [0.2, 0.25) is 0 Å². The van der Waals surface area contributed by atoms with E-state index in [2.05, 4.69) is 42.5 Å². The summed E-state index contributed by atoms with van der Waals surface area (Å²) in [6.07, 6.45) is 6.67. The second kappa shape index (κ2) is 13.9. The van der Waals surface area contributed by atoms with Gasteiger partial charge in [-0.25, -0.2) is 0 Å². The first-order chi connectivity index (χ1) is 23.0. The summed E-state index contributed by atoms with van der Waals surface area (Å²) in [6.45, 7) is 0. The molecule has 0 amide bonds. The fraction of sp³-hybridized carbons (Fsp3) is 1.00. The second-order valence-electron chi connectivity index (χ2n) is 16.5. The number of halogens is 8. The van der Waals surface area contributed by atoms with E-state index < -0.39 is 0 Å². The van der Waals surface area contributed by atoms with Crippen molar-refractivity contribution in [2.24, 2.45) is 47.3 Å². The molecule has 5 heterocycles. The maximum atomic E-state index is 7.21. The van der Waals surface area contributed by atoms with E-state index in [0.29, 0.717) is 0 Å². The predicted octanol–water partition coefficient (Wildman–Crippen LogP) is 4.34. The highest BCUT2D eigenvalue weighted by atomic mass is 35.5. The normalized spacial score (nSPS) is 62.5. The lowest BCUT2D eigenvalue weighted by Gasteiger charge is -2.40. The molecule has 5 aliphatic heterocycles. The van der Waals surface area contributed by atoms with Crippen molar-refractivity contribution in [2.75, 3.05) is 0 Å². The van der Waals surface area contributed by atoms with Crippen LogP contribution in [0, 0.1) is 47.3 Å². The third-order valence-corrected chi connectivity index (χ3v) is 17.1. The summed E-state index contributed by atoms with van der Waals surface area (Å²) in [4.78, 5) is 0. The summed E-state index contributed by atoms with van der Waals surface area (Å²) in [7, 11) is 0. The quantitative estimate of drug-likeness (QED) is 0.171. The molecule has 16 heteroatoms. The molecule has 16 unspecified atom stereocenters. The molecule has 8 bridgehead atoms. The SMILES string of the molecule is ClC1CC(Cl)C2C3NC(NC4NC(NC5NC(NC6NC(N3)C3CC(Cl)CC(Cl)C63)C3CC(Cl)CC(Cl)C53)C3CC(Cl)CC(Cl)C43)C2C1. The van der Waals surface area contributed by atoms with E-state index in [4.69, 9.17) is 92.8 Å². The third kappa shape index (κ3) is 6.27. The van der Waals surface area contributed by atoms with Crippen molar-refractivity contribution in [3.63, 3.8) is 0 Å². The smallest absolute Gasteiger partial charge is 0.0642 e. The van der Waals surface area contributed by atoms with Crippen LogP contribution in [0.15, 0.2) is 0 Å². The summed E-state index contributed by atoms with van der Waals surface area (Å²) in [5, 5.41) is 32.1. The number of alkyl halides is 8. The van der Waals surface area contributed by atoms with Crippen molar-refractivity contribution in [1.29, 1.82) is 0 Å². The fourth-order valence-electron chi connectivity index (χ4n) is 11.9. The first-order valence-corrected chi connectivity index (χ1v) is 21.7. The molecule has 48 heavy (non-hydrogen) atoms. The summed E-state index contributed by atoms with van der Waals surface area (Å²) in [6, 6.07) is 0. The van der Waals surface area contributed by atoms with Crippen molar-refractivity contribution in [2.45, 2.75) is 144 Å². The van der Waals surface area contributed by atoms with Crippen LogP contribution in [-0.4, -0.2) is 92.3 Å². The van der Waals surface area contributed by atoms with Crippen LogP contribution in [0.3, 0.4) is 0 Å². The van der Waals surface area contributed by atoms with Gasteiger partial charge in [0.1, 0.15) is 0 Å². The first kappa shape index (κ1) is 35.7. The lowest BCUT2D eigenvalue weighted by molar-refractivity contribution is 0.174. The molecular weight excluding hydrogens is 780 g/mol. The van der Waals surface area contributed by atoms with Crippen LogP contribution >= 0.6 is 92.8 Å². The van der Waals surface area contributed by atoms with Crippen LogP contribution in [-0.2, 0) is 0 Å². The average Bonchev–Trinajstić information content (AvgIpc) is 3.72. The van der Waals surface area contributed by atoms with Gasteiger partial charge in [0.15, 0.2) is 0 Å². The minimum Gasteiger partial charge on any atom is -0.286 e. The van der Waals surface area contributed by atoms with Gasteiger partial charge in [-0.2, -0.15) is 0 Å². The molecule has 0 radical (unpaired) electrons. The molecule has 9 aliphatic rings. The van der Waals surface area contributed by atoms with Crippen LogP contribution in [0.4, 0.5) is 0 Å². The maximum absolute atomic E-state index is 7.21. The molecule has 272 valence electrons. The average molecular weight is 828 g/mol. The highest BCUT2D eigenvalue weighted by molar-refractivity contribution is 6.25. The molecule has 9 fully saturated rings. The Bertz CT molecular complexity index is 1020. The first-order valence-electron chi connectivity index (χ1n) is 18.2. The van der Waals surface area contributed by atoms with Crippen molar-refractivity contribution >= 4 is 92.8 Å². The van der Waals surface area contributed by atoms with Gasteiger partial charge in [0, 0.05) is 66.7 Å². The highest BCUT2D eigenvalue weighted by Gasteiger charge is 2.59. The Morgan fingerprint density at radius 3 is 0.625 bits per heavy atom. The van der Waals surface area contributed by atoms with E-state index in [0.717, 1.165) is 51.4 Å². The number of hydrogen-bond donors (Lipinski definition) is 8. The standard InChI is InChI=1S/C32H48Cl8N8/c33-9-1-13-21(17(37)5-9)29-41-25(13)45-30-22-14(2-10(34)6-18(22)38)27(42-30)47-32-24-16(4-12(36)8-20(24)40)28(44-32)48-31-23-15(26(43-31)46-29)3-11(35)7-19(23)39/h9-32,41-48H,1-8H2. The zero-order valence-corrected chi connectivity index (χ0v) is 32.6. The van der Waals surface area contributed by atoms with Gasteiger partial charge in [0.2, 0.25) is 0 Å². The zero-order chi connectivity index (χ0) is 33.2. The Balaban J connectivity index is 1.09. The Hall–Kier alpha value is 2.00. The molecule has 0 aromatic carbocycles. The van der Waals surface area contributed by atoms with Gasteiger partial charge in [-0.1, -0.05) is 0 Å². The van der Waals surface area contributed by atoms with E-state index in [9.17, 15) is 0 Å². The van der Waals surface area contributed by atoms with Gasteiger partial charge in [0.05, 0.1) is 49.3 Å². The molecular formula is C32H48Cl8N8. The number of nitrogens with one attached hydrogen (secondary N) is 8. The maximum Gasteiger partial charge on any atom is 0.0642 e. The largest absolute Gasteiger partial charge is 0.286 e. The third-order valence-electron chi connectivity index (χ3n) is 13.8. The van der Waals surface area contributed by atoms with E-state index >= 15 is 0 Å². The molecule has 4 saturated carbocycles. The van der Waals surface area contributed by atoms with Gasteiger partial charge >= 0.3 is 0 Å². The zero-order valence-electron chi connectivity index (χ0n) is 26.5. The summed E-state index contributed by atoms with van der Waals surface area (Å²) >= 11 is 56.4. The fourth-order valence-corrected chi connectivity index (χ4v) is 16.1. The van der Waals surface area contributed by atoms with Gasteiger partial charge in [-0.3, -0.25) is 42.5 Å². The lowest BCUT2D eigenvalue weighted by Crippen LogP contribution is -2.62. The molecule has 4 aliphatic carbocycles. The summed E-state index contributed by atoms with van der Waals surface area (Å²) in [5.74, 6) is 1.80. The topological polar surface area (TPSA) is 96.2 Å². The van der Waals surface area contributed by atoms with Crippen molar-refractivity contribution < 1.29 is 0 Å². The molecule has 16 atom stereocenters. The summed E-state index contributed by atoms with van der Waals surface area (Å²) < 4.78 is 0. The van der Waals surface area contributed by atoms with Gasteiger partial charge < -0.3 is 0 Å². The van der Waals surface area contributed by atoms with Gasteiger partial charge in [-0.15, -0.1) is 92.8 Å². The molecule has 9 rings (SSSR count). The Labute approximate surface area is 324 Å². The molecule has 0 aromatic heterocycles. The van der Waals surface area contributed by atoms with Gasteiger partial charge in [-0.05, 0) is 75.0 Å². The Kier molecular flexibility index (Phi) is 10.4. The lowest BCUT2D eigenvalue weighted by atomic mass is 9.75. The molecule has 5 saturated heterocycles. The van der Waals surface area contributed by atoms with Crippen molar-refractivity contribution in [3.8, 4) is 0 Å². The van der Waals surface area contributed by atoms with Crippen LogP contribution in [0.1, 0.15) is 51.4 Å². The molecule has 0 aromatic rings. The molecule has 8 N–H and O–H groups in total. The van der Waals surface area contributed by atoms with E-state index in [1.165, 1.54) is 0 Å². The van der Waals surface area contributed by atoms with Crippen molar-refractivity contribution in [3.05, 3.63) is 0 Å². The molecule has 0 spiro atoms. The van der Waals surface area contributed by atoms with Gasteiger partial charge in [0.25, 0.3) is 0 Å². The minimum absolute atomic E-state index is 0.00122. The number of hydrogen-bond acceptors (Lipinski definition) is 8. The van der Waals surface area contributed by atoms with E-state index in [-0.39, 0.29) is 140 Å².